The van der Waals surface area contributed by atoms with Gasteiger partial charge in [-0.05, 0) is 75.8 Å². The molecule has 1 saturated carbocycles. The molecule has 5 rings (SSSR count). The Kier molecular flexibility index (Phi) is 8.15. The highest BCUT2D eigenvalue weighted by Gasteiger charge is 2.61. The van der Waals surface area contributed by atoms with Crippen LogP contribution in [0, 0.1) is 22.5 Å². The second-order valence-corrected chi connectivity index (χ2v) is 13.2. The molecule has 1 atom stereocenters. The zero-order valence-corrected chi connectivity index (χ0v) is 26.4. The lowest BCUT2D eigenvalue weighted by molar-refractivity contribution is -0.386. The van der Waals surface area contributed by atoms with Gasteiger partial charge in [-0.2, -0.15) is 0 Å². The van der Waals surface area contributed by atoms with E-state index in [1.807, 2.05) is 0 Å². The number of rotatable bonds is 6. The predicted molar refractivity (Wildman–Crippen MR) is 161 cm³/mol. The number of hydrogen-bond donors (Lipinski definition) is 2. The topological polar surface area (TPSA) is 154 Å². The van der Waals surface area contributed by atoms with E-state index in [9.17, 15) is 38.7 Å². The second kappa shape index (κ2) is 11.3. The molecule has 46 heavy (non-hydrogen) atoms. The van der Waals surface area contributed by atoms with E-state index in [4.69, 9.17) is 14.2 Å². The third-order valence-electron chi connectivity index (χ3n) is 8.83. The average molecular weight is 646 g/mol. The minimum Gasteiger partial charge on any atom is -0.496 e. The van der Waals surface area contributed by atoms with Gasteiger partial charge in [0.1, 0.15) is 11.4 Å². The molecule has 14 heteroatoms. The first-order valence-corrected chi connectivity index (χ1v) is 14.7. The normalized spacial score (nSPS) is 19.5. The SMILES string of the molecule is COC(=O)c1ccc(C2CC3(CCN2C(O)(O)c2c(OC)cc(C)c4c2ccn4C(=O)OC(C)(C)C)CC(F)(F)C3)c([N+](=O)[O-])c1. The monoisotopic (exact) mass is 645 g/mol. The molecule has 12 nitrogen and oxygen atoms in total. The van der Waals surface area contributed by atoms with Crippen LogP contribution in [-0.2, 0) is 15.4 Å². The Morgan fingerprint density at radius 1 is 1.11 bits per heavy atom. The maximum atomic E-state index is 14.2. The molecule has 3 aromatic rings. The van der Waals surface area contributed by atoms with Crippen LogP contribution in [0.1, 0.15) is 79.5 Å². The first-order chi connectivity index (χ1) is 21.3. The number of aromatic nitrogens is 1. The van der Waals surface area contributed by atoms with Gasteiger partial charge in [0.25, 0.3) is 11.6 Å². The highest BCUT2D eigenvalue weighted by atomic mass is 19.3. The Bertz CT molecular complexity index is 1720. The van der Waals surface area contributed by atoms with Gasteiger partial charge in [0, 0.05) is 48.6 Å². The summed E-state index contributed by atoms with van der Waals surface area (Å²) < 4.78 is 45.6. The number of aliphatic hydroxyl groups is 2. The first kappa shape index (κ1) is 33.2. The Morgan fingerprint density at radius 2 is 1.78 bits per heavy atom. The average Bonchev–Trinajstić information content (AvgIpc) is 3.39. The number of nitrogens with zero attached hydrogens (tertiary/aromatic N) is 3. The smallest absolute Gasteiger partial charge is 0.419 e. The fourth-order valence-corrected chi connectivity index (χ4v) is 7.00. The quantitative estimate of drug-likeness (QED) is 0.146. The van der Waals surface area contributed by atoms with Gasteiger partial charge in [0.05, 0.1) is 35.8 Å². The van der Waals surface area contributed by atoms with E-state index in [-0.39, 0.29) is 47.2 Å². The second-order valence-electron chi connectivity index (χ2n) is 13.2. The van der Waals surface area contributed by atoms with Crippen LogP contribution in [0.3, 0.4) is 0 Å². The number of hydrogen-bond acceptors (Lipinski definition) is 10. The van der Waals surface area contributed by atoms with Crippen LogP contribution in [0.2, 0.25) is 0 Å². The Hall–Kier alpha value is -4.14. The van der Waals surface area contributed by atoms with Crippen LogP contribution >= 0.6 is 0 Å². The summed E-state index contributed by atoms with van der Waals surface area (Å²) >= 11 is 0. The molecule has 2 aliphatic rings. The number of nitro groups is 1. The maximum absolute atomic E-state index is 14.2. The van der Waals surface area contributed by atoms with Crippen LogP contribution in [0.15, 0.2) is 36.5 Å². The number of ether oxygens (including phenoxy) is 3. The van der Waals surface area contributed by atoms with Gasteiger partial charge in [-0.15, -0.1) is 0 Å². The predicted octanol–water partition coefficient (Wildman–Crippen LogP) is 5.78. The van der Waals surface area contributed by atoms with Gasteiger partial charge >= 0.3 is 12.1 Å². The highest BCUT2D eigenvalue weighted by molar-refractivity contribution is 5.95. The summed E-state index contributed by atoms with van der Waals surface area (Å²) in [5.41, 5.74) is -1.59. The summed E-state index contributed by atoms with van der Waals surface area (Å²) in [7, 11) is 2.46. The number of benzene rings is 2. The molecule has 2 N–H and O–H groups in total. The van der Waals surface area contributed by atoms with Crippen LogP contribution in [0.4, 0.5) is 19.3 Å². The fourth-order valence-electron chi connectivity index (χ4n) is 7.00. The van der Waals surface area contributed by atoms with Crippen molar-refractivity contribution < 1.29 is 47.7 Å². The van der Waals surface area contributed by atoms with Gasteiger partial charge < -0.3 is 24.4 Å². The maximum Gasteiger partial charge on any atom is 0.419 e. The van der Waals surface area contributed by atoms with E-state index < -0.39 is 64.4 Å². The Labute approximate surface area is 263 Å². The van der Waals surface area contributed by atoms with E-state index in [1.165, 1.54) is 47.0 Å². The van der Waals surface area contributed by atoms with E-state index in [0.29, 0.717) is 11.1 Å². The lowest BCUT2D eigenvalue weighted by atomic mass is 9.58. The summed E-state index contributed by atoms with van der Waals surface area (Å²) in [5.74, 6) is -6.54. The summed E-state index contributed by atoms with van der Waals surface area (Å²) in [6, 6.07) is 5.53. The lowest BCUT2D eigenvalue weighted by Crippen LogP contribution is -2.58. The van der Waals surface area contributed by atoms with Crippen molar-refractivity contribution in [2.24, 2.45) is 5.41 Å². The molecule has 0 bridgehead atoms. The fraction of sp³-hybridized carbons (Fsp3) is 0.500. The van der Waals surface area contributed by atoms with E-state index in [1.54, 1.807) is 27.7 Å². The number of halogens is 2. The third kappa shape index (κ3) is 5.80. The molecule has 2 aromatic carbocycles. The number of nitro benzene ring substituents is 1. The molecule has 1 aliphatic heterocycles. The number of likely N-dealkylation sites (tertiary alicyclic amines) is 1. The number of methoxy groups -OCH3 is 2. The standard InChI is InChI=1S/C32H37F2N3O9/c1-18-13-24(44-5)25(21-9-11-35(26(18)21)28(39)46-29(2,3)4)32(40,41)36-12-10-30(16-31(33,34)17-30)15-23(36)20-8-7-19(27(38)45-6)14-22(20)37(42)43/h7-9,11,13-14,23,40-41H,10,12,15-17H2,1-6H3. The van der Waals surface area contributed by atoms with Gasteiger partial charge in [0.15, 0.2) is 0 Å². The molecular formula is C32H37F2N3O9. The Balaban J connectivity index is 1.68. The van der Waals surface area contributed by atoms with Crippen molar-refractivity contribution in [2.75, 3.05) is 20.8 Å². The van der Waals surface area contributed by atoms with Crippen LogP contribution in [0.5, 0.6) is 5.75 Å². The van der Waals surface area contributed by atoms with E-state index in [2.05, 4.69) is 0 Å². The minimum absolute atomic E-state index is 0.00747. The number of esters is 1. The van der Waals surface area contributed by atoms with Gasteiger partial charge in [-0.3, -0.25) is 14.7 Å². The number of fused-ring (bicyclic) bond motifs is 1. The molecule has 0 radical (unpaired) electrons. The van der Waals surface area contributed by atoms with E-state index in [0.717, 1.165) is 13.2 Å². The van der Waals surface area contributed by atoms with Crippen LogP contribution < -0.4 is 4.74 Å². The molecule has 0 amide bonds. The molecule has 1 saturated heterocycles. The molecule has 248 valence electrons. The van der Waals surface area contributed by atoms with Gasteiger partial charge in [-0.25, -0.2) is 23.3 Å². The largest absolute Gasteiger partial charge is 0.496 e. The minimum atomic E-state index is -2.90. The first-order valence-electron chi connectivity index (χ1n) is 14.7. The molecule has 1 unspecified atom stereocenters. The Morgan fingerprint density at radius 3 is 2.35 bits per heavy atom. The van der Waals surface area contributed by atoms with Gasteiger partial charge in [-0.1, -0.05) is 0 Å². The number of alkyl halides is 2. The van der Waals surface area contributed by atoms with Crippen molar-refractivity contribution in [3.63, 3.8) is 0 Å². The summed E-state index contributed by atoms with van der Waals surface area (Å²) in [6.45, 7) is 6.71. The van der Waals surface area contributed by atoms with Crippen LogP contribution in [0.25, 0.3) is 10.9 Å². The zero-order chi connectivity index (χ0) is 34.0. The number of aryl methyl sites for hydroxylation is 1. The molecule has 1 aromatic heterocycles. The van der Waals surface area contributed by atoms with Crippen molar-refractivity contribution in [1.29, 1.82) is 0 Å². The molecule has 1 spiro atoms. The molecular weight excluding hydrogens is 608 g/mol. The molecule has 2 heterocycles. The van der Waals surface area contributed by atoms with Crippen molar-refractivity contribution in [2.45, 2.75) is 76.9 Å². The number of carbonyl (C=O) groups excluding carboxylic acids is 2. The van der Waals surface area contributed by atoms with Crippen LogP contribution in [-0.4, -0.2) is 69.0 Å². The van der Waals surface area contributed by atoms with Gasteiger partial charge in [0.2, 0.25) is 5.92 Å². The summed E-state index contributed by atoms with van der Waals surface area (Å²) in [5, 5.41) is 36.8. The number of carbonyl (C=O) groups is 2. The van der Waals surface area contributed by atoms with Crippen molar-refractivity contribution in [3.05, 3.63) is 68.9 Å². The van der Waals surface area contributed by atoms with Crippen molar-refractivity contribution in [3.8, 4) is 5.75 Å². The van der Waals surface area contributed by atoms with Crippen molar-refractivity contribution in [1.82, 2.24) is 9.47 Å². The molecule has 2 fully saturated rings. The lowest BCUT2D eigenvalue weighted by Gasteiger charge is -2.56. The van der Waals surface area contributed by atoms with Crippen molar-refractivity contribution >= 4 is 28.7 Å². The number of piperidine rings is 1. The summed E-state index contributed by atoms with van der Waals surface area (Å²) in [6.07, 6.45) is -0.0571. The zero-order valence-electron chi connectivity index (χ0n) is 26.4. The third-order valence-corrected chi connectivity index (χ3v) is 8.83. The summed E-state index contributed by atoms with van der Waals surface area (Å²) in [4.78, 5) is 38.1. The molecule has 1 aliphatic carbocycles. The van der Waals surface area contributed by atoms with E-state index >= 15 is 0 Å². The highest BCUT2D eigenvalue weighted by Crippen LogP contribution is 2.62.